The van der Waals surface area contributed by atoms with Gasteiger partial charge in [0.25, 0.3) is 5.91 Å². The smallest absolute Gasteiger partial charge is 0.256 e. The number of halogens is 3. The summed E-state index contributed by atoms with van der Waals surface area (Å²) in [5.41, 5.74) is 1.70. The van der Waals surface area contributed by atoms with Crippen molar-refractivity contribution in [2.24, 2.45) is 0 Å². The van der Waals surface area contributed by atoms with Gasteiger partial charge in [0.1, 0.15) is 5.82 Å². The van der Waals surface area contributed by atoms with Gasteiger partial charge in [0, 0.05) is 17.1 Å². The number of anilines is 2. The highest BCUT2D eigenvalue weighted by Gasteiger charge is 2.10. The Morgan fingerprint density at radius 3 is 2.54 bits per heavy atom. The second-order valence-electron chi connectivity index (χ2n) is 5.46. The van der Waals surface area contributed by atoms with E-state index < -0.39 is 17.5 Å². The SMILES string of the molecule is O=C(Nc1ccc(NCc2ccccc2Cl)cn1)c1ccc(F)c(F)c1. The van der Waals surface area contributed by atoms with E-state index in [2.05, 4.69) is 15.6 Å². The van der Waals surface area contributed by atoms with Crippen LogP contribution in [0.15, 0.2) is 60.8 Å². The Labute approximate surface area is 153 Å². The zero-order valence-corrected chi connectivity index (χ0v) is 14.2. The Hall–Kier alpha value is -2.99. The summed E-state index contributed by atoms with van der Waals surface area (Å²) in [6.07, 6.45) is 1.55. The minimum absolute atomic E-state index is 0.00613. The Balaban J connectivity index is 1.61. The van der Waals surface area contributed by atoms with Crippen molar-refractivity contribution < 1.29 is 13.6 Å². The lowest BCUT2D eigenvalue weighted by Crippen LogP contribution is -2.13. The van der Waals surface area contributed by atoms with Gasteiger partial charge >= 0.3 is 0 Å². The van der Waals surface area contributed by atoms with Crippen LogP contribution >= 0.6 is 11.6 Å². The van der Waals surface area contributed by atoms with Crippen LogP contribution in [-0.4, -0.2) is 10.9 Å². The topological polar surface area (TPSA) is 54.0 Å². The number of rotatable bonds is 5. The first-order chi connectivity index (χ1) is 12.5. The summed E-state index contributed by atoms with van der Waals surface area (Å²) in [4.78, 5) is 16.2. The van der Waals surface area contributed by atoms with E-state index in [9.17, 15) is 13.6 Å². The molecule has 0 aliphatic heterocycles. The van der Waals surface area contributed by atoms with Gasteiger partial charge in [-0.15, -0.1) is 0 Å². The van der Waals surface area contributed by atoms with Gasteiger partial charge in [-0.05, 0) is 42.0 Å². The number of carbonyl (C=O) groups is 1. The third-order valence-corrected chi connectivity index (χ3v) is 4.00. The molecule has 7 heteroatoms. The number of benzene rings is 2. The lowest BCUT2D eigenvalue weighted by atomic mass is 10.2. The number of hydrogen-bond acceptors (Lipinski definition) is 3. The molecule has 0 spiro atoms. The van der Waals surface area contributed by atoms with Crippen molar-refractivity contribution in [1.82, 2.24) is 4.98 Å². The van der Waals surface area contributed by atoms with Gasteiger partial charge in [0.05, 0.1) is 11.9 Å². The highest BCUT2D eigenvalue weighted by atomic mass is 35.5. The van der Waals surface area contributed by atoms with Crippen molar-refractivity contribution in [2.45, 2.75) is 6.54 Å². The molecule has 2 aromatic carbocycles. The van der Waals surface area contributed by atoms with Crippen LogP contribution in [0.4, 0.5) is 20.3 Å². The molecule has 2 N–H and O–H groups in total. The molecule has 0 unspecified atom stereocenters. The Kier molecular flexibility index (Phi) is 5.43. The molecule has 3 rings (SSSR count). The fourth-order valence-corrected chi connectivity index (χ4v) is 2.44. The number of pyridine rings is 1. The number of carbonyl (C=O) groups excluding carboxylic acids is 1. The van der Waals surface area contributed by atoms with Crippen LogP contribution in [-0.2, 0) is 6.54 Å². The van der Waals surface area contributed by atoms with Gasteiger partial charge in [0.15, 0.2) is 11.6 Å². The average molecular weight is 374 g/mol. The summed E-state index contributed by atoms with van der Waals surface area (Å²) in [5, 5.41) is 6.37. The van der Waals surface area contributed by atoms with Crippen LogP contribution < -0.4 is 10.6 Å². The lowest BCUT2D eigenvalue weighted by Gasteiger charge is -2.09. The highest BCUT2D eigenvalue weighted by Crippen LogP contribution is 2.18. The van der Waals surface area contributed by atoms with Crippen molar-refractivity contribution in [2.75, 3.05) is 10.6 Å². The van der Waals surface area contributed by atoms with E-state index in [1.165, 1.54) is 6.07 Å². The Bertz CT molecular complexity index is 932. The number of nitrogens with one attached hydrogen (secondary N) is 2. The molecule has 4 nitrogen and oxygen atoms in total. The summed E-state index contributed by atoms with van der Waals surface area (Å²) in [7, 11) is 0. The molecule has 3 aromatic rings. The molecule has 0 aliphatic rings. The van der Waals surface area contributed by atoms with Gasteiger partial charge in [-0.25, -0.2) is 13.8 Å². The first kappa shape index (κ1) is 17.8. The molecule has 26 heavy (non-hydrogen) atoms. The molecule has 0 radical (unpaired) electrons. The van der Waals surface area contributed by atoms with Gasteiger partial charge in [-0.1, -0.05) is 29.8 Å². The molecular weight excluding hydrogens is 360 g/mol. The van der Waals surface area contributed by atoms with E-state index in [4.69, 9.17) is 11.6 Å². The Morgan fingerprint density at radius 2 is 1.85 bits per heavy atom. The monoisotopic (exact) mass is 373 g/mol. The Morgan fingerprint density at radius 1 is 1.04 bits per heavy atom. The first-order valence-electron chi connectivity index (χ1n) is 7.72. The number of aromatic nitrogens is 1. The molecule has 0 bridgehead atoms. The minimum Gasteiger partial charge on any atom is -0.380 e. The molecule has 132 valence electrons. The summed E-state index contributed by atoms with van der Waals surface area (Å²) in [6, 6.07) is 13.8. The normalized spacial score (nSPS) is 10.4. The maximum atomic E-state index is 13.2. The van der Waals surface area contributed by atoms with Crippen molar-refractivity contribution in [3.8, 4) is 0 Å². The second-order valence-corrected chi connectivity index (χ2v) is 5.87. The molecule has 0 atom stereocenters. The van der Waals surface area contributed by atoms with E-state index in [0.29, 0.717) is 17.4 Å². The highest BCUT2D eigenvalue weighted by molar-refractivity contribution is 6.31. The van der Waals surface area contributed by atoms with E-state index in [1.807, 2.05) is 24.3 Å². The maximum absolute atomic E-state index is 13.2. The van der Waals surface area contributed by atoms with Crippen LogP contribution in [0.2, 0.25) is 5.02 Å². The van der Waals surface area contributed by atoms with E-state index in [1.54, 1.807) is 18.3 Å². The van der Waals surface area contributed by atoms with Gasteiger partial charge < -0.3 is 10.6 Å². The second kappa shape index (κ2) is 7.93. The van der Waals surface area contributed by atoms with E-state index in [-0.39, 0.29) is 5.56 Å². The van der Waals surface area contributed by atoms with Crippen molar-refractivity contribution >= 4 is 29.0 Å². The number of nitrogens with zero attached hydrogens (tertiary/aromatic N) is 1. The van der Waals surface area contributed by atoms with E-state index >= 15 is 0 Å². The summed E-state index contributed by atoms with van der Waals surface area (Å²) >= 11 is 6.10. The number of amides is 1. The molecule has 0 saturated carbocycles. The van der Waals surface area contributed by atoms with Gasteiger partial charge in [-0.3, -0.25) is 4.79 Å². The third kappa shape index (κ3) is 4.34. The predicted molar refractivity (Wildman–Crippen MR) is 97.3 cm³/mol. The summed E-state index contributed by atoms with van der Waals surface area (Å²) in [6.45, 7) is 0.530. The van der Waals surface area contributed by atoms with Crippen LogP contribution in [0.25, 0.3) is 0 Å². The standard InChI is InChI=1S/C19H14ClF2N3O/c20-15-4-2-1-3-13(15)10-23-14-6-8-18(24-11-14)25-19(26)12-5-7-16(21)17(22)9-12/h1-9,11,23H,10H2,(H,24,25,26). The molecule has 1 amide bonds. The summed E-state index contributed by atoms with van der Waals surface area (Å²) < 4.78 is 26.1. The molecule has 1 aromatic heterocycles. The fourth-order valence-electron chi connectivity index (χ4n) is 2.24. The predicted octanol–water partition coefficient (Wildman–Crippen LogP) is 4.88. The molecular formula is C19H14ClF2N3O. The maximum Gasteiger partial charge on any atom is 0.256 e. The van der Waals surface area contributed by atoms with Crippen LogP contribution in [0.1, 0.15) is 15.9 Å². The molecule has 1 heterocycles. The van der Waals surface area contributed by atoms with Crippen molar-refractivity contribution in [3.63, 3.8) is 0 Å². The fraction of sp³-hybridized carbons (Fsp3) is 0.0526. The lowest BCUT2D eigenvalue weighted by molar-refractivity contribution is 0.102. The largest absolute Gasteiger partial charge is 0.380 e. The summed E-state index contributed by atoms with van der Waals surface area (Å²) in [5.74, 6) is -2.37. The first-order valence-corrected chi connectivity index (χ1v) is 8.10. The minimum atomic E-state index is -1.08. The van der Waals surface area contributed by atoms with Crippen LogP contribution in [0.3, 0.4) is 0 Å². The molecule has 0 saturated heterocycles. The van der Waals surface area contributed by atoms with Crippen LogP contribution in [0.5, 0.6) is 0 Å². The average Bonchev–Trinajstić information content (AvgIpc) is 2.64. The zero-order chi connectivity index (χ0) is 18.5. The van der Waals surface area contributed by atoms with Crippen LogP contribution in [0, 0.1) is 11.6 Å². The van der Waals surface area contributed by atoms with Crippen molar-refractivity contribution in [3.05, 3.63) is 88.6 Å². The molecule has 0 fully saturated rings. The van der Waals surface area contributed by atoms with Gasteiger partial charge in [0.2, 0.25) is 0 Å². The van der Waals surface area contributed by atoms with Gasteiger partial charge in [-0.2, -0.15) is 0 Å². The van der Waals surface area contributed by atoms with E-state index in [0.717, 1.165) is 23.4 Å². The number of hydrogen-bond donors (Lipinski definition) is 2. The van der Waals surface area contributed by atoms with Crippen molar-refractivity contribution in [1.29, 1.82) is 0 Å². The quantitative estimate of drug-likeness (QED) is 0.670. The third-order valence-electron chi connectivity index (χ3n) is 3.63. The molecule has 0 aliphatic carbocycles. The zero-order valence-electron chi connectivity index (χ0n) is 13.5.